The highest BCUT2D eigenvalue weighted by atomic mass is 19.1. The van der Waals surface area contributed by atoms with Gasteiger partial charge in [-0.25, -0.2) is 9.18 Å². The third-order valence-corrected chi connectivity index (χ3v) is 4.59. The number of amides is 1. The molecule has 1 aliphatic rings. The van der Waals surface area contributed by atoms with Crippen molar-refractivity contribution in [3.63, 3.8) is 0 Å². The van der Waals surface area contributed by atoms with Gasteiger partial charge in [-0.15, -0.1) is 0 Å². The summed E-state index contributed by atoms with van der Waals surface area (Å²) in [6.07, 6.45) is 2.84. The number of alkyl halides is 1. The number of aliphatic carboxylic acids is 1. The first-order valence-corrected chi connectivity index (χ1v) is 7.80. The highest BCUT2D eigenvalue weighted by Crippen LogP contribution is 2.44. The first-order valence-electron chi connectivity index (χ1n) is 7.80. The minimum Gasteiger partial charge on any atom is -0.493 e. The van der Waals surface area contributed by atoms with Crippen molar-refractivity contribution in [1.82, 2.24) is 5.32 Å². The van der Waals surface area contributed by atoms with Crippen LogP contribution in [0.15, 0.2) is 18.2 Å². The Morgan fingerprint density at radius 3 is 2.38 bits per heavy atom. The quantitative estimate of drug-likeness (QED) is 0.794. The topological polar surface area (TPSA) is 84.9 Å². The van der Waals surface area contributed by atoms with Crippen LogP contribution >= 0.6 is 0 Å². The van der Waals surface area contributed by atoms with E-state index >= 15 is 0 Å². The monoisotopic (exact) mass is 339 g/mol. The van der Waals surface area contributed by atoms with Crippen LogP contribution in [0.25, 0.3) is 0 Å². The Hall–Kier alpha value is -2.31. The summed E-state index contributed by atoms with van der Waals surface area (Å²) in [5.41, 5.74) is -0.152. The summed E-state index contributed by atoms with van der Waals surface area (Å²) in [7, 11) is 3.03. The number of carbonyl (C=O) groups excluding carboxylic acids is 1. The fraction of sp³-hybridized carbons (Fsp3) is 0.529. The van der Waals surface area contributed by atoms with Crippen LogP contribution in [0.5, 0.6) is 11.5 Å². The van der Waals surface area contributed by atoms with E-state index in [9.17, 15) is 14.0 Å². The Morgan fingerprint density at radius 1 is 1.25 bits per heavy atom. The van der Waals surface area contributed by atoms with Crippen LogP contribution < -0.4 is 14.8 Å². The molecule has 2 N–H and O–H groups in total. The second kappa shape index (κ2) is 7.51. The minimum absolute atomic E-state index is 0.461. The summed E-state index contributed by atoms with van der Waals surface area (Å²) in [6.45, 7) is -1.15. The molecule has 1 atom stereocenters. The van der Waals surface area contributed by atoms with E-state index in [0.717, 1.165) is 18.4 Å². The molecule has 1 saturated carbocycles. The number of carboxylic acids is 1. The summed E-state index contributed by atoms with van der Waals surface area (Å²) >= 11 is 0. The van der Waals surface area contributed by atoms with Crippen LogP contribution in [0.1, 0.15) is 31.2 Å². The molecule has 0 aromatic heterocycles. The third-order valence-electron chi connectivity index (χ3n) is 4.59. The Kier molecular flexibility index (Phi) is 5.64. The van der Waals surface area contributed by atoms with Crippen molar-refractivity contribution in [2.45, 2.75) is 37.1 Å². The number of rotatable bonds is 7. The van der Waals surface area contributed by atoms with Gasteiger partial charge in [-0.2, -0.15) is 0 Å². The van der Waals surface area contributed by atoms with Crippen LogP contribution in [0.3, 0.4) is 0 Å². The van der Waals surface area contributed by atoms with Gasteiger partial charge in [0, 0.05) is 0 Å². The van der Waals surface area contributed by atoms with Crippen molar-refractivity contribution in [2.75, 3.05) is 20.9 Å². The number of carbonyl (C=O) groups is 2. The van der Waals surface area contributed by atoms with Crippen LogP contribution in [0, 0.1) is 0 Å². The summed E-state index contributed by atoms with van der Waals surface area (Å²) in [5, 5.41) is 11.3. The van der Waals surface area contributed by atoms with E-state index in [-0.39, 0.29) is 0 Å². The minimum atomic E-state index is -1.53. The molecular formula is C17H22FNO5. The lowest BCUT2D eigenvalue weighted by Gasteiger charge is -2.30. The van der Waals surface area contributed by atoms with Gasteiger partial charge in [0.05, 0.1) is 19.6 Å². The maximum atomic E-state index is 12.9. The molecule has 0 saturated heterocycles. The predicted octanol–water partition coefficient (Wildman–Crippen LogP) is 2.05. The number of benzene rings is 1. The molecule has 0 bridgehead atoms. The largest absolute Gasteiger partial charge is 0.493 e. The van der Waals surface area contributed by atoms with E-state index in [0.29, 0.717) is 24.3 Å². The Labute approximate surface area is 139 Å². The predicted molar refractivity (Wildman–Crippen MR) is 85.2 cm³/mol. The fourth-order valence-electron chi connectivity index (χ4n) is 3.22. The molecule has 1 unspecified atom stereocenters. The van der Waals surface area contributed by atoms with Gasteiger partial charge in [-0.3, -0.25) is 4.79 Å². The van der Waals surface area contributed by atoms with Crippen LogP contribution in [-0.2, 0) is 15.0 Å². The van der Waals surface area contributed by atoms with E-state index < -0.39 is 30.0 Å². The summed E-state index contributed by atoms with van der Waals surface area (Å²) in [5.74, 6) is -0.806. The lowest BCUT2D eigenvalue weighted by Crippen LogP contribution is -2.50. The van der Waals surface area contributed by atoms with Gasteiger partial charge in [-0.1, -0.05) is 18.9 Å². The molecule has 0 heterocycles. The van der Waals surface area contributed by atoms with Crippen molar-refractivity contribution in [1.29, 1.82) is 0 Å². The highest BCUT2D eigenvalue weighted by Gasteiger charge is 2.44. The smallest absolute Gasteiger partial charge is 0.328 e. The molecule has 6 nitrogen and oxygen atoms in total. The van der Waals surface area contributed by atoms with Gasteiger partial charge in [0.15, 0.2) is 17.5 Å². The van der Waals surface area contributed by atoms with Crippen molar-refractivity contribution < 1.29 is 28.6 Å². The molecule has 7 heteroatoms. The van der Waals surface area contributed by atoms with Crippen molar-refractivity contribution in [2.24, 2.45) is 0 Å². The Bertz CT molecular complexity index is 613. The van der Waals surface area contributed by atoms with Gasteiger partial charge < -0.3 is 19.9 Å². The van der Waals surface area contributed by atoms with Crippen LogP contribution in [0.4, 0.5) is 4.39 Å². The molecule has 1 aromatic rings. The van der Waals surface area contributed by atoms with Crippen molar-refractivity contribution in [3.8, 4) is 11.5 Å². The van der Waals surface area contributed by atoms with E-state index in [1.54, 1.807) is 18.2 Å². The summed E-state index contributed by atoms with van der Waals surface area (Å²) in [6, 6.07) is 3.69. The standard InChI is InChI=1S/C17H22FNO5/c1-23-13-6-5-11(9-14(13)24-2)17(7-3-4-8-17)16(22)19-12(10-18)15(20)21/h5-6,9,12H,3-4,7-8,10H2,1-2H3,(H,19,22)(H,20,21). The average molecular weight is 339 g/mol. The van der Waals surface area contributed by atoms with Gasteiger partial charge in [-0.05, 0) is 30.5 Å². The van der Waals surface area contributed by atoms with Crippen LogP contribution in [-0.4, -0.2) is 43.9 Å². The molecule has 0 radical (unpaired) electrons. The molecule has 1 amide bonds. The van der Waals surface area contributed by atoms with Gasteiger partial charge in [0.25, 0.3) is 0 Å². The Balaban J connectivity index is 2.37. The number of methoxy groups -OCH3 is 2. The van der Waals surface area contributed by atoms with E-state index in [1.807, 2.05) is 0 Å². The molecule has 0 aliphatic heterocycles. The molecule has 1 fully saturated rings. The average Bonchev–Trinajstić information content (AvgIpc) is 3.09. The lowest BCUT2D eigenvalue weighted by atomic mass is 9.77. The van der Waals surface area contributed by atoms with Crippen LogP contribution in [0.2, 0.25) is 0 Å². The number of nitrogens with one attached hydrogen (secondary N) is 1. The maximum absolute atomic E-state index is 12.9. The number of halogens is 1. The molecule has 24 heavy (non-hydrogen) atoms. The Morgan fingerprint density at radius 2 is 1.88 bits per heavy atom. The number of hydrogen-bond donors (Lipinski definition) is 2. The van der Waals surface area contributed by atoms with Crippen molar-refractivity contribution in [3.05, 3.63) is 23.8 Å². The normalized spacial score (nSPS) is 17.1. The van der Waals surface area contributed by atoms with E-state index in [1.165, 1.54) is 14.2 Å². The van der Waals surface area contributed by atoms with Crippen molar-refractivity contribution >= 4 is 11.9 Å². The molecule has 1 aliphatic carbocycles. The fourth-order valence-corrected chi connectivity index (χ4v) is 3.22. The first kappa shape index (κ1) is 18.0. The van der Waals surface area contributed by atoms with E-state index in [2.05, 4.69) is 5.32 Å². The highest BCUT2D eigenvalue weighted by molar-refractivity contribution is 5.92. The summed E-state index contributed by atoms with van der Waals surface area (Å²) in [4.78, 5) is 23.8. The third kappa shape index (κ3) is 3.29. The number of ether oxygens (including phenoxy) is 2. The zero-order valence-electron chi connectivity index (χ0n) is 13.8. The maximum Gasteiger partial charge on any atom is 0.328 e. The van der Waals surface area contributed by atoms with Gasteiger partial charge in [0.2, 0.25) is 5.91 Å². The molecule has 132 valence electrons. The molecule has 2 rings (SSSR count). The van der Waals surface area contributed by atoms with Gasteiger partial charge in [0.1, 0.15) is 6.67 Å². The SMILES string of the molecule is COc1ccc(C2(C(=O)NC(CF)C(=O)O)CCCC2)cc1OC. The van der Waals surface area contributed by atoms with Gasteiger partial charge >= 0.3 is 5.97 Å². The second-order valence-corrected chi connectivity index (χ2v) is 5.88. The number of carboxylic acid groups (broad SMARTS) is 1. The molecule has 1 aromatic carbocycles. The first-order chi connectivity index (χ1) is 11.5. The zero-order valence-corrected chi connectivity index (χ0v) is 13.8. The molecule has 0 spiro atoms. The lowest BCUT2D eigenvalue weighted by molar-refractivity contribution is -0.143. The van der Waals surface area contributed by atoms with E-state index in [4.69, 9.17) is 14.6 Å². The zero-order chi connectivity index (χ0) is 17.7. The molecular weight excluding hydrogens is 317 g/mol. The second-order valence-electron chi connectivity index (χ2n) is 5.88. The summed E-state index contributed by atoms with van der Waals surface area (Å²) < 4.78 is 23.4. The number of hydrogen-bond acceptors (Lipinski definition) is 4.